The number of hydrogen-bond acceptors (Lipinski definition) is 8. The fourth-order valence-electron chi connectivity index (χ4n) is 3.50. The molecule has 0 saturated carbocycles. The third-order valence-corrected chi connectivity index (χ3v) is 8.95. The largest absolute Gasteiger partial charge is 0.598 e. The Balaban J connectivity index is 1.89. The molecule has 3 aromatic rings. The highest BCUT2D eigenvalue weighted by molar-refractivity contribution is 7.91. The van der Waals surface area contributed by atoms with E-state index in [2.05, 4.69) is 15.0 Å². The molecule has 0 spiro atoms. The molecule has 4 N–H and O–H groups in total. The quantitative estimate of drug-likeness (QED) is 0.227. The van der Waals surface area contributed by atoms with Crippen molar-refractivity contribution in [1.82, 2.24) is 14.0 Å². The molecule has 2 aromatic carbocycles. The number of nitrogens with one attached hydrogen (secondary N) is 2. The van der Waals surface area contributed by atoms with Crippen LogP contribution in [0.15, 0.2) is 60.8 Å². The van der Waals surface area contributed by atoms with Crippen molar-refractivity contribution in [2.75, 3.05) is 25.2 Å². The number of nitrogens with two attached hydrogens (primary N) is 1. The maximum Gasteiger partial charge on any atom is 0.274 e. The highest BCUT2D eigenvalue weighted by Crippen LogP contribution is 2.29. The Morgan fingerprint density at radius 1 is 1.10 bits per heavy atom. The van der Waals surface area contributed by atoms with Crippen LogP contribution in [-0.2, 0) is 34.9 Å². The van der Waals surface area contributed by atoms with Gasteiger partial charge >= 0.3 is 0 Å². The van der Waals surface area contributed by atoms with Crippen molar-refractivity contribution in [3.8, 4) is 5.75 Å². The SMILES string of the molecule is COc1ccc(CN(C)[S+]([O-])CC(N)(N[S+]([O-])C(C)(C)C)c2cc(NC(=O)c3ccc(F)cn3)ccc2F)cc1. The van der Waals surface area contributed by atoms with E-state index in [4.69, 9.17) is 10.5 Å². The second kappa shape index (κ2) is 13.3. The number of anilines is 1. The number of amides is 1. The van der Waals surface area contributed by atoms with E-state index in [9.17, 15) is 18.3 Å². The molecule has 1 amide bonds. The van der Waals surface area contributed by atoms with Crippen LogP contribution in [0, 0.1) is 11.6 Å². The first-order valence-electron chi connectivity index (χ1n) is 12.2. The van der Waals surface area contributed by atoms with Crippen molar-refractivity contribution in [3.63, 3.8) is 0 Å². The maximum absolute atomic E-state index is 15.3. The van der Waals surface area contributed by atoms with Crippen molar-refractivity contribution in [2.45, 2.75) is 37.7 Å². The number of carbonyl (C=O) groups is 1. The summed E-state index contributed by atoms with van der Waals surface area (Å²) in [6, 6.07) is 13.2. The van der Waals surface area contributed by atoms with E-state index in [0.717, 1.165) is 23.9 Å². The molecular formula is C27H33F2N5O4S2. The predicted octanol–water partition coefficient (Wildman–Crippen LogP) is 3.58. The molecule has 0 bridgehead atoms. The van der Waals surface area contributed by atoms with E-state index >= 15 is 4.39 Å². The second-order valence-corrected chi connectivity index (χ2v) is 13.6. The fourth-order valence-corrected chi connectivity index (χ4v) is 5.54. The van der Waals surface area contributed by atoms with Crippen LogP contribution in [0.3, 0.4) is 0 Å². The first-order valence-corrected chi connectivity index (χ1v) is 14.6. The van der Waals surface area contributed by atoms with Gasteiger partial charge in [-0.1, -0.05) is 12.1 Å². The van der Waals surface area contributed by atoms with Gasteiger partial charge in [-0.05, 0) is 68.8 Å². The Morgan fingerprint density at radius 2 is 1.77 bits per heavy atom. The normalized spacial score (nSPS) is 14.9. The van der Waals surface area contributed by atoms with Gasteiger partial charge in [-0.3, -0.25) is 4.79 Å². The molecule has 3 unspecified atom stereocenters. The highest BCUT2D eigenvalue weighted by atomic mass is 32.2. The van der Waals surface area contributed by atoms with Crippen molar-refractivity contribution < 1.29 is 27.4 Å². The van der Waals surface area contributed by atoms with Gasteiger partial charge in [0.25, 0.3) is 5.91 Å². The summed E-state index contributed by atoms with van der Waals surface area (Å²) in [5.41, 5.74) is 5.61. The van der Waals surface area contributed by atoms with Crippen molar-refractivity contribution >= 4 is 34.3 Å². The van der Waals surface area contributed by atoms with Gasteiger partial charge in [-0.25, -0.2) is 13.8 Å². The summed E-state index contributed by atoms with van der Waals surface area (Å²) in [6.45, 7) is 5.43. The molecule has 3 atom stereocenters. The molecule has 40 heavy (non-hydrogen) atoms. The molecule has 0 aliphatic carbocycles. The Bertz CT molecular complexity index is 1300. The Morgan fingerprint density at radius 3 is 2.35 bits per heavy atom. The number of benzene rings is 2. The maximum atomic E-state index is 15.3. The number of pyridine rings is 1. The number of nitrogens with zero attached hydrogens (tertiary/aromatic N) is 2. The van der Waals surface area contributed by atoms with Gasteiger partial charge in [0.05, 0.1) is 19.9 Å². The molecule has 0 fully saturated rings. The van der Waals surface area contributed by atoms with Gasteiger partial charge < -0.3 is 24.9 Å². The third kappa shape index (κ3) is 8.36. The van der Waals surface area contributed by atoms with Crippen molar-refractivity contribution in [2.24, 2.45) is 5.73 Å². The molecule has 9 nitrogen and oxygen atoms in total. The topological polar surface area (TPSA) is 139 Å². The van der Waals surface area contributed by atoms with Crippen LogP contribution in [-0.4, -0.2) is 49.0 Å². The molecule has 1 aromatic heterocycles. The molecular weight excluding hydrogens is 560 g/mol. The first-order chi connectivity index (χ1) is 18.7. The van der Waals surface area contributed by atoms with E-state index in [0.29, 0.717) is 5.75 Å². The standard InChI is InChI=1S/C27H33F2N5O4S2/c1-26(2,3)40(37)33-27(30,17-39(36)34(4)16-18-6-10-21(38-5)11-7-18)22-14-20(9-12-23(22)29)32-25(35)24-13-8-19(28)15-31-24/h6-15,33H,16-17,30H2,1-5H3,(H,32,35). The number of aromatic nitrogens is 1. The van der Waals surface area contributed by atoms with Crippen LogP contribution in [0.1, 0.15) is 42.4 Å². The molecule has 0 radical (unpaired) electrons. The summed E-state index contributed by atoms with van der Waals surface area (Å²) in [5, 5.41) is 2.57. The van der Waals surface area contributed by atoms with Gasteiger partial charge in [-0.2, -0.15) is 0 Å². The summed E-state index contributed by atoms with van der Waals surface area (Å²) >= 11 is -3.54. The van der Waals surface area contributed by atoms with E-state index in [1.165, 1.54) is 22.5 Å². The first kappa shape index (κ1) is 31.7. The summed E-state index contributed by atoms with van der Waals surface area (Å²) in [4.78, 5) is 16.4. The summed E-state index contributed by atoms with van der Waals surface area (Å²) in [6.07, 6.45) is 0.902. The second-order valence-electron chi connectivity index (χ2n) is 10.1. The lowest BCUT2D eigenvalue weighted by Gasteiger charge is -2.36. The minimum Gasteiger partial charge on any atom is -0.598 e. The lowest BCUT2D eigenvalue weighted by Crippen LogP contribution is -2.61. The third-order valence-electron chi connectivity index (χ3n) is 5.76. The van der Waals surface area contributed by atoms with Gasteiger partial charge in [-0.15, -0.1) is 9.03 Å². The molecule has 0 aliphatic heterocycles. The zero-order chi connectivity index (χ0) is 29.7. The van der Waals surface area contributed by atoms with E-state index in [-0.39, 0.29) is 29.2 Å². The number of methoxy groups -OCH3 is 1. The van der Waals surface area contributed by atoms with Crippen molar-refractivity contribution in [3.05, 3.63) is 89.2 Å². The van der Waals surface area contributed by atoms with Crippen LogP contribution in [0.5, 0.6) is 5.75 Å². The van der Waals surface area contributed by atoms with Gasteiger partial charge in [0.1, 0.15) is 27.8 Å². The molecule has 216 valence electrons. The number of rotatable bonds is 11. The van der Waals surface area contributed by atoms with Crippen LogP contribution < -0.4 is 20.5 Å². The molecule has 1 heterocycles. The van der Waals surface area contributed by atoms with Crippen LogP contribution in [0.2, 0.25) is 0 Å². The number of ether oxygens (including phenoxy) is 1. The molecule has 3 rings (SSSR count). The lowest BCUT2D eigenvalue weighted by atomic mass is 10.0. The van der Waals surface area contributed by atoms with Crippen LogP contribution >= 0.6 is 0 Å². The van der Waals surface area contributed by atoms with Crippen LogP contribution in [0.25, 0.3) is 0 Å². The predicted molar refractivity (Wildman–Crippen MR) is 153 cm³/mol. The van der Waals surface area contributed by atoms with Crippen LogP contribution in [0.4, 0.5) is 14.5 Å². The summed E-state index contributed by atoms with van der Waals surface area (Å²) < 4.78 is 63.7. The molecule has 0 aliphatic rings. The average molecular weight is 594 g/mol. The highest BCUT2D eigenvalue weighted by Gasteiger charge is 2.44. The molecule has 0 saturated heterocycles. The Labute approximate surface area is 239 Å². The summed E-state index contributed by atoms with van der Waals surface area (Å²) in [5.74, 6) is -1.67. The number of hydrogen-bond donors (Lipinski definition) is 3. The zero-order valence-corrected chi connectivity index (χ0v) is 24.5. The van der Waals surface area contributed by atoms with E-state index < -0.39 is 50.7 Å². The minimum atomic E-state index is -1.86. The van der Waals surface area contributed by atoms with E-state index in [1.54, 1.807) is 47.1 Å². The number of halogens is 2. The number of carbonyl (C=O) groups excluding carboxylic acids is 1. The van der Waals surface area contributed by atoms with E-state index in [1.807, 2.05) is 12.1 Å². The van der Waals surface area contributed by atoms with Gasteiger partial charge in [0.2, 0.25) is 0 Å². The Hall–Kier alpha value is -2.78. The van der Waals surface area contributed by atoms with Gasteiger partial charge in [0, 0.05) is 41.0 Å². The average Bonchev–Trinajstić information content (AvgIpc) is 2.89. The van der Waals surface area contributed by atoms with Gasteiger partial charge in [0.15, 0.2) is 11.4 Å². The summed E-state index contributed by atoms with van der Waals surface area (Å²) in [7, 11) is 3.19. The fraction of sp³-hybridized carbons (Fsp3) is 0.333. The lowest BCUT2D eigenvalue weighted by molar-refractivity contribution is 0.102. The van der Waals surface area contributed by atoms with Crippen molar-refractivity contribution in [1.29, 1.82) is 0 Å². The smallest absolute Gasteiger partial charge is 0.274 e. The molecule has 13 heteroatoms. The Kier molecular flexibility index (Phi) is 10.5. The monoisotopic (exact) mass is 593 g/mol. The zero-order valence-electron chi connectivity index (χ0n) is 22.9. The minimum absolute atomic E-state index is 0.0560.